The molecular formula is C12H15ClN2O2. The number of hydrogen-bond donors (Lipinski definition) is 1. The van der Waals surface area contributed by atoms with Crippen LogP contribution in [0, 0.1) is 0 Å². The van der Waals surface area contributed by atoms with E-state index in [1.165, 1.54) is 19.3 Å². The number of carbonyl (C=O) groups is 1. The van der Waals surface area contributed by atoms with Gasteiger partial charge in [-0.3, -0.25) is 4.79 Å². The molecule has 0 saturated heterocycles. The highest BCUT2D eigenvalue weighted by atomic mass is 35.5. The summed E-state index contributed by atoms with van der Waals surface area (Å²) >= 11 is 5.98. The minimum absolute atomic E-state index is 0.121. The highest BCUT2D eigenvalue weighted by Gasteiger charge is 2.19. The lowest BCUT2D eigenvalue weighted by molar-refractivity contribution is -0.136. The van der Waals surface area contributed by atoms with Gasteiger partial charge in [0, 0.05) is 17.7 Å². The molecule has 1 aliphatic carbocycles. The van der Waals surface area contributed by atoms with Crippen molar-refractivity contribution < 1.29 is 9.90 Å². The molecule has 1 fully saturated rings. The molecular weight excluding hydrogens is 240 g/mol. The summed E-state index contributed by atoms with van der Waals surface area (Å²) in [5.74, 6) is 0.241. The Kier molecular flexibility index (Phi) is 3.94. The fraction of sp³-hybridized carbons (Fsp3) is 0.583. The van der Waals surface area contributed by atoms with Gasteiger partial charge in [0.05, 0.1) is 6.42 Å². The van der Waals surface area contributed by atoms with Gasteiger partial charge in [0.15, 0.2) is 0 Å². The van der Waals surface area contributed by atoms with E-state index in [4.69, 9.17) is 16.7 Å². The maximum Gasteiger partial charge on any atom is 0.307 e. The minimum Gasteiger partial charge on any atom is -0.481 e. The standard InChI is InChI=1S/C12H15ClN2O2/c13-11-9(6-10(16)17)7-14-12(15-11)8-4-2-1-3-5-8/h7-8H,1-6H2,(H,16,17). The van der Waals surface area contributed by atoms with Gasteiger partial charge in [-0.25, -0.2) is 9.97 Å². The van der Waals surface area contributed by atoms with Gasteiger partial charge in [0.1, 0.15) is 11.0 Å². The SMILES string of the molecule is O=C(O)Cc1cnc(C2CCCCC2)nc1Cl. The Hall–Kier alpha value is -1.16. The molecule has 0 spiro atoms. The minimum atomic E-state index is -0.916. The Morgan fingerprint density at radius 3 is 2.71 bits per heavy atom. The number of hydrogen-bond acceptors (Lipinski definition) is 3. The van der Waals surface area contributed by atoms with E-state index >= 15 is 0 Å². The molecule has 2 rings (SSSR count). The van der Waals surface area contributed by atoms with Crippen molar-refractivity contribution in [1.29, 1.82) is 0 Å². The predicted molar refractivity (Wildman–Crippen MR) is 64.2 cm³/mol. The summed E-state index contributed by atoms with van der Waals surface area (Å²) in [7, 11) is 0. The van der Waals surface area contributed by atoms with Crippen LogP contribution < -0.4 is 0 Å². The highest BCUT2D eigenvalue weighted by molar-refractivity contribution is 6.30. The number of rotatable bonds is 3. The van der Waals surface area contributed by atoms with E-state index in [0.29, 0.717) is 11.5 Å². The van der Waals surface area contributed by atoms with Gasteiger partial charge in [-0.2, -0.15) is 0 Å². The summed E-state index contributed by atoms with van der Waals surface area (Å²) in [6.45, 7) is 0. The molecule has 1 N–H and O–H groups in total. The van der Waals surface area contributed by atoms with E-state index in [-0.39, 0.29) is 11.6 Å². The third kappa shape index (κ3) is 3.16. The Bertz CT molecular complexity index is 417. The van der Waals surface area contributed by atoms with Crippen LogP contribution in [0.1, 0.15) is 49.4 Å². The summed E-state index contributed by atoms with van der Waals surface area (Å²) in [5, 5.41) is 8.98. The van der Waals surface area contributed by atoms with Crippen LogP contribution in [0.2, 0.25) is 5.15 Å². The zero-order valence-corrected chi connectivity index (χ0v) is 10.3. The Morgan fingerprint density at radius 2 is 2.12 bits per heavy atom. The van der Waals surface area contributed by atoms with Crippen LogP contribution in [0.15, 0.2) is 6.20 Å². The lowest BCUT2D eigenvalue weighted by Crippen LogP contribution is -2.10. The molecule has 0 amide bonds. The summed E-state index contributed by atoms with van der Waals surface area (Å²) in [5.41, 5.74) is 0.485. The number of nitrogens with zero attached hydrogens (tertiary/aromatic N) is 2. The van der Waals surface area contributed by atoms with Crippen LogP contribution in [-0.2, 0) is 11.2 Å². The molecule has 17 heavy (non-hydrogen) atoms. The molecule has 1 saturated carbocycles. The smallest absolute Gasteiger partial charge is 0.307 e. The van der Waals surface area contributed by atoms with E-state index in [1.54, 1.807) is 6.20 Å². The molecule has 0 bridgehead atoms. The lowest BCUT2D eigenvalue weighted by atomic mass is 9.89. The van der Waals surface area contributed by atoms with Gasteiger partial charge in [-0.05, 0) is 12.8 Å². The second kappa shape index (κ2) is 5.45. The van der Waals surface area contributed by atoms with Crippen LogP contribution in [0.3, 0.4) is 0 Å². The van der Waals surface area contributed by atoms with Crippen molar-refractivity contribution in [1.82, 2.24) is 9.97 Å². The molecule has 0 aromatic carbocycles. The first-order chi connectivity index (χ1) is 8.16. The van der Waals surface area contributed by atoms with Crippen molar-refractivity contribution in [2.24, 2.45) is 0 Å². The normalized spacial score (nSPS) is 17.0. The average Bonchev–Trinajstić information content (AvgIpc) is 2.32. The van der Waals surface area contributed by atoms with E-state index < -0.39 is 5.97 Å². The van der Waals surface area contributed by atoms with Gasteiger partial charge in [-0.1, -0.05) is 30.9 Å². The topological polar surface area (TPSA) is 63.1 Å². The quantitative estimate of drug-likeness (QED) is 0.843. The monoisotopic (exact) mass is 254 g/mol. The second-order valence-corrected chi connectivity index (χ2v) is 4.81. The first-order valence-corrected chi connectivity index (χ1v) is 6.27. The Morgan fingerprint density at radius 1 is 1.41 bits per heavy atom. The molecule has 1 aliphatic rings. The molecule has 0 unspecified atom stereocenters. The van der Waals surface area contributed by atoms with Crippen LogP contribution in [0.25, 0.3) is 0 Å². The molecule has 0 atom stereocenters. The fourth-order valence-corrected chi connectivity index (χ4v) is 2.44. The fourth-order valence-electron chi connectivity index (χ4n) is 2.24. The molecule has 5 heteroatoms. The zero-order chi connectivity index (χ0) is 12.3. The molecule has 1 heterocycles. The number of carboxylic acids is 1. The van der Waals surface area contributed by atoms with E-state index in [9.17, 15) is 4.79 Å². The largest absolute Gasteiger partial charge is 0.481 e. The average molecular weight is 255 g/mol. The predicted octanol–water partition coefficient (Wildman–Crippen LogP) is 2.80. The maximum atomic E-state index is 10.6. The Balaban J connectivity index is 2.14. The number of halogens is 1. The third-order valence-corrected chi connectivity index (χ3v) is 3.47. The van der Waals surface area contributed by atoms with Crippen molar-refractivity contribution in [3.63, 3.8) is 0 Å². The van der Waals surface area contributed by atoms with E-state index in [0.717, 1.165) is 18.7 Å². The molecule has 0 aliphatic heterocycles. The first-order valence-electron chi connectivity index (χ1n) is 5.90. The number of aromatic nitrogens is 2. The van der Waals surface area contributed by atoms with Crippen LogP contribution in [0.5, 0.6) is 0 Å². The molecule has 92 valence electrons. The second-order valence-electron chi connectivity index (χ2n) is 4.45. The van der Waals surface area contributed by atoms with Crippen molar-refractivity contribution in [2.45, 2.75) is 44.4 Å². The summed E-state index contributed by atoms with van der Waals surface area (Å²) in [6.07, 6.45) is 7.34. The Labute approximate surface area is 105 Å². The summed E-state index contributed by atoms with van der Waals surface area (Å²) < 4.78 is 0. The van der Waals surface area contributed by atoms with Crippen molar-refractivity contribution in [3.8, 4) is 0 Å². The van der Waals surface area contributed by atoms with Crippen molar-refractivity contribution in [3.05, 3.63) is 22.7 Å². The van der Waals surface area contributed by atoms with Crippen LogP contribution >= 0.6 is 11.6 Å². The zero-order valence-electron chi connectivity index (χ0n) is 9.53. The molecule has 0 radical (unpaired) electrons. The molecule has 1 aromatic rings. The van der Waals surface area contributed by atoms with Gasteiger partial charge in [0.2, 0.25) is 0 Å². The van der Waals surface area contributed by atoms with Crippen LogP contribution in [0.4, 0.5) is 0 Å². The number of aliphatic carboxylic acids is 1. The first kappa shape index (κ1) is 12.3. The molecule has 1 aromatic heterocycles. The third-order valence-electron chi connectivity index (χ3n) is 3.14. The summed E-state index contributed by atoms with van der Waals surface area (Å²) in [4.78, 5) is 19.1. The lowest BCUT2D eigenvalue weighted by Gasteiger charge is -2.20. The van der Waals surface area contributed by atoms with Crippen LogP contribution in [-0.4, -0.2) is 21.0 Å². The maximum absolute atomic E-state index is 10.6. The van der Waals surface area contributed by atoms with E-state index in [2.05, 4.69) is 9.97 Å². The summed E-state index contributed by atoms with van der Waals surface area (Å²) in [6, 6.07) is 0. The number of carboxylic acid groups (broad SMARTS) is 1. The van der Waals surface area contributed by atoms with Gasteiger partial charge >= 0.3 is 5.97 Å². The molecule has 4 nitrogen and oxygen atoms in total. The van der Waals surface area contributed by atoms with Gasteiger partial charge in [0.25, 0.3) is 0 Å². The van der Waals surface area contributed by atoms with Gasteiger partial charge in [-0.15, -0.1) is 0 Å². The van der Waals surface area contributed by atoms with Gasteiger partial charge < -0.3 is 5.11 Å². The van der Waals surface area contributed by atoms with Crippen molar-refractivity contribution >= 4 is 17.6 Å². The van der Waals surface area contributed by atoms with Crippen molar-refractivity contribution in [2.75, 3.05) is 0 Å². The van der Waals surface area contributed by atoms with E-state index in [1.807, 2.05) is 0 Å². The highest BCUT2D eigenvalue weighted by Crippen LogP contribution is 2.31.